The molecule has 1 aromatic rings. The Balaban J connectivity index is 2.81. The highest BCUT2D eigenvalue weighted by molar-refractivity contribution is 5.99. The summed E-state index contributed by atoms with van der Waals surface area (Å²) < 4.78 is 0. The molecule has 5 heteroatoms. The molecule has 1 aromatic heterocycles. The number of anilines is 1. The van der Waals surface area contributed by atoms with Gasteiger partial charge in [-0.15, -0.1) is 0 Å². The van der Waals surface area contributed by atoms with Gasteiger partial charge in [0.05, 0.1) is 29.9 Å². The van der Waals surface area contributed by atoms with Crippen molar-refractivity contribution >= 4 is 11.6 Å². The Kier molecular flexibility index (Phi) is 5.65. The van der Waals surface area contributed by atoms with Crippen LogP contribution in [0.4, 0.5) is 5.69 Å². The molecule has 5 nitrogen and oxygen atoms in total. The average molecular weight is 246 g/mol. The predicted molar refractivity (Wildman–Crippen MR) is 70.2 cm³/mol. The van der Waals surface area contributed by atoms with Crippen molar-refractivity contribution in [2.24, 2.45) is 0 Å². The summed E-state index contributed by atoms with van der Waals surface area (Å²) in [6, 6.07) is 3.73. The minimum atomic E-state index is -0.0914. The van der Waals surface area contributed by atoms with Gasteiger partial charge in [0.15, 0.2) is 0 Å². The number of nitriles is 1. The fourth-order valence-corrected chi connectivity index (χ4v) is 1.51. The molecule has 0 bridgehead atoms. The summed E-state index contributed by atoms with van der Waals surface area (Å²) in [5.41, 5.74) is 1.34. The number of aromatic nitrogens is 1. The first-order chi connectivity index (χ1) is 8.70. The van der Waals surface area contributed by atoms with E-state index in [-0.39, 0.29) is 5.91 Å². The topological polar surface area (TPSA) is 69.0 Å². The van der Waals surface area contributed by atoms with Gasteiger partial charge in [0, 0.05) is 26.3 Å². The summed E-state index contributed by atoms with van der Waals surface area (Å²) in [5.74, 6) is -0.0914. The van der Waals surface area contributed by atoms with Gasteiger partial charge in [-0.3, -0.25) is 9.78 Å². The van der Waals surface area contributed by atoms with E-state index in [0.29, 0.717) is 18.5 Å². The van der Waals surface area contributed by atoms with Gasteiger partial charge in [0.25, 0.3) is 5.91 Å². The van der Waals surface area contributed by atoms with E-state index in [1.807, 2.05) is 6.07 Å². The van der Waals surface area contributed by atoms with Gasteiger partial charge in [0.1, 0.15) is 0 Å². The van der Waals surface area contributed by atoms with Gasteiger partial charge in [0.2, 0.25) is 0 Å². The van der Waals surface area contributed by atoms with E-state index in [1.54, 1.807) is 30.4 Å². The standard InChI is InChI=1S/C13H18N4O/c1-3-7-16-12-10-15-8-5-11(12)13(18)17(2)9-4-6-14/h5,8,10,16H,3-4,7,9H2,1-2H3. The third-order valence-corrected chi connectivity index (χ3v) is 2.52. The van der Waals surface area contributed by atoms with E-state index < -0.39 is 0 Å². The molecule has 0 fully saturated rings. The highest BCUT2D eigenvalue weighted by Gasteiger charge is 2.15. The van der Waals surface area contributed by atoms with Crippen LogP contribution in [0.2, 0.25) is 0 Å². The average Bonchev–Trinajstić information content (AvgIpc) is 2.42. The molecule has 0 radical (unpaired) electrons. The number of rotatable bonds is 6. The Morgan fingerprint density at radius 3 is 3.06 bits per heavy atom. The molecular formula is C13H18N4O. The van der Waals surface area contributed by atoms with E-state index in [4.69, 9.17) is 5.26 Å². The van der Waals surface area contributed by atoms with Crippen LogP contribution in [0.5, 0.6) is 0 Å². The van der Waals surface area contributed by atoms with Crippen LogP contribution in [0.25, 0.3) is 0 Å². The normalized spacial score (nSPS) is 9.61. The predicted octanol–water partition coefficient (Wildman–Crippen LogP) is 1.89. The van der Waals surface area contributed by atoms with E-state index >= 15 is 0 Å². The van der Waals surface area contributed by atoms with Crippen LogP contribution >= 0.6 is 0 Å². The fraction of sp³-hybridized carbons (Fsp3) is 0.462. The Morgan fingerprint density at radius 1 is 1.61 bits per heavy atom. The zero-order chi connectivity index (χ0) is 13.4. The molecule has 0 saturated carbocycles. The molecule has 0 aliphatic carbocycles. The molecule has 96 valence electrons. The van der Waals surface area contributed by atoms with Gasteiger partial charge in [-0.1, -0.05) is 6.92 Å². The second kappa shape index (κ2) is 7.28. The number of nitrogens with zero attached hydrogens (tertiary/aromatic N) is 3. The van der Waals surface area contributed by atoms with Gasteiger partial charge in [-0.05, 0) is 12.5 Å². The molecule has 0 saturated heterocycles. The molecule has 0 spiro atoms. The summed E-state index contributed by atoms with van der Waals surface area (Å²) in [6.07, 6.45) is 4.57. The summed E-state index contributed by atoms with van der Waals surface area (Å²) >= 11 is 0. The lowest BCUT2D eigenvalue weighted by atomic mass is 10.2. The largest absolute Gasteiger partial charge is 0.383 e. The smallest absolute Gasteiger partial charge is 0.255 e. The van der Waals surface area contributed by atoms with Crippen molar-refractivity contribution in [2.75, 3.05) is 25.5 Å². The fourth-order valence-electron chi connectivity index (χ4n) is 1.51. The molecule has 0 aliphatic rings. The van der Waals surface area contributed by atoms with E-state index in [9.17, 15) is 4.79 Å². The molecular weight excluding hydrogens is 228 g/mol. The summed E-state index contributed by atoms with van der Waals surface area (Å²) in [6.45, 7) is 3.29. The number of hydrogen-bond donors (Lipinski definition) is 1. The first-order valence-electron chi connectivity index (χ1n) is 6.01. The summed E-state index contributed by atoms with van der Waals surface area (Å²) in [4.78, 5) is 17.8. The van der Waals surface area contributed by atoms with E-state index in [0.717, 1.165) is 18.7 Å². The van der Waals surface area contributed by atoms with Crippen molar-refractivity contribution in [3.05, 3.63) is 24.0 Å². The van der Waals surface area contributed by atoms with Crippen LogP contribution in [-0.4, -0.2) is 35.9 Å². The Morgan fingerprint density at radius 2 is 2.39 bits per heavy atom. The molecule has 0 aliphatic heterocycles. The number of carbonyl (C=O) groups is 1. The molecule has 0 unspecified atom stereocenters. The lowest BCUT2D eigenvalue weighted by Gasteiger charge is -2.17. The Bertz CT molecular complexity index is 439. The molecule has 1 amide bonds. The molecule has 1 N–H and O–H groups in total. The molecule has 1 rings (SSSR count). The van der Waals surface area contributed by atoms with E-state index in [1.165, 1.54) is 0 Å². The molecule has 1 heterocycles. The SMILES string of the molecule is CCCNc1cnccc1C(=O)N(C)CCC#N. The number of hydrogen-bond acceptors (Lipinski definition) is 4. The Labute approximate surface area is 107 Å². The van der Waals surface area contributed by atoms with Gasteiger partial charge in [-0.25, -0.2) is 0 Å². The molecule has 18 heavy (non-hydrogen) atoms. The number of nitrogens with one attached hydrogen (secondary N) is 1. The van der Waals surface area contributed by atoms with Crippen molar-refractivity contribution in [3.8, 4) is 6.07 Å². The van der Waals surface area contributed by atoms with Crippen LogP contribution < -0.4 is 5.32 Å². The highest BCUT2D eigenvalue weighted by atomic mass is 16.2. The quantitative estimate of drug-likeness (QED) is 0.832. The highest BCUT2D eigenvalue weighted by Crippen LogP contribution is 2.15. The van der Waals surface area contributed by atoms with Crippen LogP contribution in [0.15, 0.2) is 18.5 Å². The van der Waals surface area contributed by atoms with Gasteiger partial charge in [-0.2, -0.15) is 5.26 Å². The van der Waals surface area contributed by atoms with Crippen molar-refractivity contribution in [1.29, 1.82) is 5.26 Å². The molecule has 0 aromatic carbocycles. The minimum absolute atomic E-state index is 0.0914. The maximum atomic E-state index is 12.2. The van der Waals surface area contributed by atoms with Crippen LogP contribution in [0.1, 0.15) is 30.1 Å². The first-order valence-corrected chi connectivity index (χ1v) is 6.01. The zero-order valence-electron chi connectivity index (χ0n) is 10.8. The molecule has 0 atom stereocenters. The van der Waals surface area contributed by atoms with E-state index in [2.05, 4.69) is 17.2 Å². The van der Waals surface area contributed by atoms with Crippen LogP contribution in [0.3, 0.4) is 0 Å². The third kappa shape index (κ3) is 3.74. The van der Waals surface area contributed by atoms with Crippen LogP contribution in [0, 0.1) is 11.3 Å². The minimum Gasteiger partial charge on any atom is -0.383 e. The van der Waals surface area contributed by atoms with Crippen molar-refractivity contribution in [2.45, 2.75) is 19.8 Å². The lowest BCUT2D eigenvalue weighted by molar-refractivity contribution is 0.0799. The van der Waals surface area contributed by atoms with Crippen molar-refractivity contribution < 1.29 is 4.79 Å². The number of amides is 1. The maximum Gasteiger partial charge on any atom is 0.255 e. The second-order valence-electron chi connectivity index (χ2n) is 3.98. The first kappa shape index (κ1) is 14.0. The third-order valence-electron chi connectivity index (χ3n) is 2.52. The number of carbonyl (C=O) groups excluding carboxylic acids is 1. The van der Waals surface area contributed by atoms with Crippen LogP contribution in [-0.2, 0) is 0 Å². The van der Waals surface area contributed by atoms with Crippen molar-refractivity contribution in [3.63, 3.8) is 0 Å². The Hall–Kier alpha value is -2.09. The monoisotopic (exact) mass is 246 g/mol. The van der Waals surface area contributed by atoms with Gasteiger partial charge >= 0.3 is 0 Å². The summed E-state index contributed by atoms with van der Waals surface area (Å²) in [5, 5.41) is 11.7. The summed E-state index contributed by atoms with van der Waals surface area (Å²) in [7, 11) is 1.70. The zero-order valence-corrected chi connectivity index (χ0v) is 10.8. The number of pyridine rings is 1. The lowest BCUT2D eigenvalue weighted by Crippen LogP contribution is -2.28. The maximum absolute atomic E-state index is 12.2. The van der Waals surface area contributed by atoms with Gasteiger partial charge < -0.3 is 10.2 Å². The second-order valence-corrected chi connectivity index (χ2v) is 3.98. The van der Waals surface area contributed by atoms with Crippen molar-refractivity contribution in [1.82, 2.24) is 9.88 Å².